The predicted octanol–water partition coefficient (Wildman–Crippen LogP) is 18.2. The van der Waals surface area contributed by atoms with E-state index in [0.717, 1.165) is 0 Å². The largest absolute Gasteiger partial charge is 0.311 e. The molecule has 15 rings (SSSR count). The highest BCUT2D eigenvalue weighted by molar-refractivity contribution is 7.33. The number of benzene rings is 7. The molecule has 4 heteroatoms. The van der Waals surface area contributed by atoms with Gasteiger partial charge in [-0.1, -0.05) is 157 Å². The highest BCUT2D eigenvalue weighted by Gasteiger charge is 2.51. The number of fused-ring (bicyclic) bond motifs is 11. The molecule has 1 fully saturated rings. The standard InChI is InChI=1S/C71H77BN2S/c1-42-34-51-53(69(11,12)29-28-67(51,7)8)40-57(42)74-58-37-45(65(2,3)4)22-25-56(58)72-62-59(35-44(36-60(62)74)48-21-17-19-43-18-15-16-20-47(43)48)73(46-23-24-50-52(38-46)68(9,10)27-26-66(50,5)6)63-49-39-54-55(41-61(49)75-64(63)72)71(14)32-30-70(54,13)31-33-71/h15-25,34-41H,26-33H2,1-14H3. The van der Waals surface area contributed by atoms with Crippen molar-refractivity contribution in [3.8, 4) is 11.1 Å². The number of rotatable bonds is 3. The van der Waals surface area contributed by atoms with Gasteiger partial charge < -0.3 is 9.80 Å². The van der Waals surface area contributed by atoms with E-state index in [2.05, 4.69) is 233 Å². The maximum absolute atomic E-state index is 2.80. The highest BCUT2D eigenvalue weighted by Crippen LogP contribution is 2.60. The van der Waals surface area contributed by atoms with Gasteiger partial charge in [0.25, 0.3) is 6.71 Å². The molecule has 0 spiro atoms. The Morgan fingerprint density at radius 3 is 1.73 bits per heavy atom. The lowest BCUT2D eigenvalue weighted by Gasteiger charge is -2.52. The number of aryl methyl sites for hydroxylation is 1. The summed E-state index contributed by atoms with van der Waals surface area (Å²) in [6.07, 6.45) is 9.85. The Labute approximate surface area is 453 Å². The Kier molecular flexibility index (Phi) is 9.78. The van der Waals surface area contributed by atoms with Crippen molar-refractivity contribution >= 4 is 88.7 Å². The third-order valence-corrected chi connectivity index (χ3v) is 22.2. The van der Waals surface area contributed by atoms with Crippen LogP contribution in [0.4, 0.5) is 34.1 Å². The topological polar surface area (TPSA) is 6.48 Å². The molecule has 2 aliphatic heterocycles. The highest BCUT2D eigenvalue weighted by atomic mass is 32.1. The predicted molar refractivity (Wildman–Crippen MR) is 326 cm³/mol. The molecular formula is C71H77BN2S. The van der Waals surface area contributed by atoms with E-state index in [4.69, 9.17) is 0 Å². The van der Waals surface area contributed by atoms with Gasteiger partial charge in [-0.25, -0.2) is 0 Å². The average Bonchev–Trinajstić information content (AvgIpc) is 3.76. The van der Waals surface area contributed by atoms with Crippen LogP contribution in [0.5, 0.6) is 0 Å². The lowest BCUT2D eigenvalue weighted by molar-refractivity contribution is 0.188. The maximum Gasteiger partial charge on any atom is 0.264 e. The quantitative estimate of drug-likeness (QED) is 0.163. The Morgan fingerprint density at radius 2 is 1.07 bits per heavy atom. The molecule has 7 aromatic carbocycles. The molecular weight excluding hydrogens is 924 g/mol. The van der Waals surface area contributed by atoms with Gasteiger partial charge in [0.2, 0.25) is 0 Å². The molecule has 7 aliphatic rings. The fourth-order valence-electron chi connectivity index (χ4n) is 15.7. The zero-order valence-electron chi connectivity index (χ0n) is 47.5. The molecule has 3 heterocycles. The summed E-state index contributed by atoms with van der Waals surface area (Å²) in [7, 11) is 0. The normalized spacial score (nSPS) is 23.1. The van der Waals surface area contributed by atoms with Crippen LogP contribution in [-0.2, 0) is 37.9 Å². The molecule has 0 N–H and O–H groups in total. The van der Waals surface area contributed by atoms with Crippen molar-refractivity contribution in [2.75, 3.05) is 9.80 Å². The summed E-state index contributed by atoms with van der Waals surface area (Å²) >= 11 is 2.10. The van der Waals surface area contributed by atoms with Gasteiger partial charge in [-0.05, 0) is 222 Å². The van der Waals surface area contributed by atoms with Crippen LogP contribution in [0.15, 0.2) is 115 Å². The van der Waals surface area contributed by atoms with Gasteiger partial charge in [-0.2, -0.15) is 0 Å². The minimum atomic E-state index is -0.0422. The summed E-state index contributed by atoms with van der Waals surface area (Å²) in [4.78, 5) is 5.56. The summed E-state index contributed by atoms with van der Waals surface area (Å²) in [6, 6.07) is 47.2. The summed E-state index contributed by atoms with van der Waals surface area (Å²) in [5, 5.41) is 3.99. The number of thiophene rings is 1. The van der Waals surface area contributed by atoms with Crippen LogP contribution >= 0.6 is 11.3 Å². The van der Waals surface area contributed by atoms with Gasteiger partial charge in [0.05, 0.1) is 5.69 Å². The van der Waals surface area contributed by atoms with Crippen LogP contribution in [0.25, 0.3) is 32.0 Å². The molecule has 0 saturated heterocycles. The van der Waals surface area contributed by atoms with E-state index < -0.39 is 0 Å². The molecule has 1 aromatic heterocycles. The second-order valence-corrected chi connectivity index (χ2v) is 29.9. The summed E-state index contributed by atoms with van der Waals surface area (Å²) in [6.45, 7) is 34.7. The van der Waals surface area contributed by atoms with Gasteiger partial charge in [-0.3, -0.25) is 0 Å². The molecule has 2 bridgehead atoms. The summed E-state index contributed by atoms with van der Waals surface area (Å²) < 4.78 is 2.92. The Hall–Kier alpha value is -5.58. The first-order valence-corrected chi connectivity index (χ1v) is 29.5. The first-order chi connectivity index (χ1) is 35.4. The molecule has 5 aliphatic carbocycles. The molecule has 75 heavy (non-hydrogen) atoms. The second kappa shape index (κ2) is 15.3. The van der Waals surface area contributed by atoms with Crippen molar-refractivity contribution < 1.29 is 0 Å². The first-order valence-electron chi connectivity index (χ1n) is 28.7. The van der Waals surface area contributed by atoms with Crippen LogP contribution in [-0.4, -0.2) is 6.71 Å². The first kappa shape index (κ1) is 47.8. The van der Waals surface area contributed by atoms with Crippen LogP contribution in [0, 0.1) is 6.92 Å². The van der Waals surface area contributed by atoms with Gasteiger partial charge in [0.15, 0.2) is 0 Å². The molecule has 1 saturated carbocycles. The van der Waals surface area contributed by atoms with Crippen molar-refractivity contribution in [2.45, 2.75) is 186 Å². The van der Waals surface area contributed by atoms with E-state index in [-0.39, 0.29) is 44.6 Å². The van der Waals surface area contributed by atoms with E-state index in [1.54, 1.807) is 11.1 Å². The second-order valence-electron chi connectivity index (χ2n) is 28.9. The van der Waals surface area contributed by atoms with Crippen LogP contribution in [0.2, 0.25) is 0 Å². The number of hydrogen-bond acceptors (Lipinski definition) is 3. The monoisotopic (exact) mass is 1000 g/mol. The Morgan fingerprint density at radius 1 is 0.480 bits per heavy atom. The molecule has 2 nitrogen and oxygen atoms in total. The van der Waals surface area contributed by atoms with E-state index in [0.29, 0.717) is 0 Å². The molecule has 0 amide bonds. The van der Waals surface area contributed by atoms with E-state index in [1.165, 1.54) is 167 Å². The van der Waals surface area contributed by atoms with Gasteiger partial charge in [-0.15, -0.1) is 11.3 Å². The fraction of sp³-hybridized carbons (Fsp3) is 0.408. The summed E-state index contributed by atoms with van der Waals surface area (Å²) in [5.74, 6) is 0. The molecule has 0 atom stereocenters. The van der Waals surface area contributed by atoms with Crippen molar-refractivity contribution in [2.24, 2.45) is 0 Å². The van der Waals surface area contributed by atoms with Crippen molar-refractivity contribution in [3.05, 3.63) is 160 Å². The smallest absolute Gasteiger partial charge is 0.264 e. The Bertz CT molecular complexity index is 3780. The number of hydrogen-bond donors (Lipinski definition) is 0. The lowest BCUT2D eigenvalue weighted by atomic mass is 9.36. The van der Waals surface area contributed by atoms with Crippen molar-refractivity contribution in [3.63, 3.8) is 0 Å². The van der Waals surface area contributed by atoms with E-state index in [9.17, 15) is 0 Å². The molecule has 0 radical (unpaired) electrons. The van der Waals surface area contributed by atoms with Crippen molar-refractivity contribution in [1.82, 2.24) is 0 Å². The third-order valence-electron chi connectivity index (χ3n) is 21.0. The molecule has 380 valence electrons. The average molecular weight is 1000 g/mol. The van der Waals surface area contributed by atoms with E-state index >= 15 is 0 Å². The van der Waals surface area contributed by atoms with Crippen molar-refractivity contribution in [1.29, 1.82) is 0 Å². The van der Waals surface area contributed by atoms with E-state index in [1.807, 2.05) is 0 Å². The number of anilines is 6. The minimum absolute atomic E-state index is 0.0422. The van der Waals surface area contributed by atoms with Crippen LogP contribution < -0.4 is 25.5 Å². The summed E-state index contributed by atoms with van der Waals surface area (Å²) in [5.41, 5.74) is 26.0. The zero-order valence-corrected chi connectivity index (χ0v) is 48.3. The lowest BCUT2D eigenvalue weighted by Crippen LogP contribution is -2.60. The fourth-order valence-corrected chi connectivity index (χ4v) is 17.0. The number of nitrogens with zero attached hydrogens (tertiary/aromatic N) is 2. The maximum atomic E-state index is 2.80. The zero-order chi connectivity index (χ0) is 52.3. The van der Waals surface area contributed by atoms with Gasteiger partial charge >= 0.3 is 0 Å². The molecule has 0 unspecified atom stereocenters. The SMILES string of the molecule is Cc1cc2c(cc1N1c3cc(C(C)(C)C)ccc3B3c4sc5cc6c(cc5c4N(c4ccc5c(c4)C(C)(C)CCC5(C)C)c4cc(-c5cccc7ccccc57)cc1c43)C1(C)CCC6(C)CC1)C(C)(C)CCC2(C)C. The van der Waals surface area contributed by atoms with Gasteiger partial charge in [0, 0.05) is 43.3 Å². The van der Waals surface area contributed by atoms with Gasteiger partial charge in [0.1, 0.15) is 0 Å². The van der Waals surface area contributed by atoms with Crippen LogP contribution in [0.1, 0.15) is 186 Å². The molecule has 8 aromatic rings. The third kappa shape index (κ3) is 6.75. The minimum Gasteiger partial charge on any atom is -0.311 e. The van der Waals surface area contributed by atoms with Crippen LogP contribution in [0.3, 0.4) is 0 Å². The Balaban J connectivity index is 1.15.